The van der Waals surface area contributed by atoms with Crippen LogP contribution in [0, 0.1) is 18.8 Å². The molecule has 0 radical (unpaired) electrons. The summed E-state index contributed by atoms with van der Waals surface area (Å²) in [6.07, 6.45) is 5.57. The smallest absolute Gasteiger partial charge is 0.0348 e. The molecule has 0 saturated heterocycles. The molecule has 0 aliphatic heterocycles. The van der Waals surface area contributed by atoms with Crippen LogP contribution in [0.1, 0.15) is 49.8 Å². The zero-order valence-corrected chi connectivity index (χ0v) is 11.4. The van der Waals surface area contributed by atoms with E-state index >= 15 is 0 Å². The number of hydrogen-bond acceptors (Lipinski definition) is 1. The zero-order valence-electron chi connectivity index (χ0n) is 11.4. The summed E-state index contributed by atoms with van der Waals surface area (Å²) < 4.78 is 0. The first-order valence-electron chi connectivity index (χ1n) is 6.95. The molecule has 2 rings (SSSR count). The van der Waals surface area contributed by atoms with E-state index in [2.05, 4.69) is 50.5 Å². The molecule has 1 N–H and O–H groups in total. The van der Waals surface area contributed by atoms with Gasteiger partial charge in [0.2, 0.25) is 0 Å². The molecule has 1 aromatic carbocycles. The van der Waals surface area contributed by atoms with Crippen molar-refractivity contribution in [2.75, 3.05) is 7.05 Å². The normalized spacial score (nSPS) is 26.8. The Hall–Kier alpha value is -0.820. The fraction of sp³-hybridized carbons (Fsp3) is 0.625. The highest BCUT2D eigenvalue weighted by molar-refractivity contribution is 5.29. The van der Waals surface area contributed by atoms with Gasteiger partial charge in [-0.2, -0.15) is 0 Å². The average molecular weight is 231 g/mol. The molecule has 3 atom stereocenters. The maximum atomic E-state index is 3.55. The van der Waals surface area contributed by atoms with Gasteiger partial charge in [0.1, 0.15) is 0 Å². The third-order valence-electron chi connectivity index (χ3n) is 4.28. The van der Waals surface area contributed by atoms with Gasteiger partial charge in [0.15, 0.2) is 0 Å². The maximum Gasteiger partial charge on any atom is 0.0348 e. The molecule has 1 saturated carbocycles. The summed E-state index contributed by atoms with van der Waals surface area (Å²) in [7, 11) is 2.11. The summed E-state index contributed by atoms with van der Waals surface area (Å²) in [5.74, 6) is 1.71. The Bertz CT molecular complexity index is 358. The molecule has 0 amide bonds. The van der Waals surface area contributed by atoms with E-state index in [1.165, 1.54) is 36.8 Å². The van der Waals surface area contributed by atoms with E-state index in [0.29, 0.717) is 6.04 Å². The lowest BCUT2D eigenvalue weighted by atomic mass is 9.76. The lowest BCUT2D eigenvalue weighted by Crippen LogP contribution is -2.29. The van der Waals surface area contributed by atoms with Crippen LogP contribution in [-0.4, -0.2) is 7.05 Å². The minimum absolute atomic E-state index is 0.541. The standard InChI is InChI=1S/C16H25N/c1-12-7-6-9-14(11-12)16(17-3)15-10-5-4-8-13(15)2/h4-5,8,10,12,14,16-17H,6-7,9,11H2,1-3H3. The van der Waals surface area contributed by atoms with Crippen LogP contribution < -0.4 is 5.32 Å². The van der Waals surface area contributed by atoms with Crippen molar-refractivity contribution in [1.29, 1.82) is 0 Å². The highest BCUT2D eigenvalue weighted by atomic mass is 14.9. The molecule has 1 heteroatoms. The number of hydrogen-bond donors (Lipinski definition) is 1. The largest absolute Gasteiger partial charge is 0.313 e. The fourth-order valence-corrected chi connectivity index (χ4v) is 3.36. The first-order valence-corrected chi connectivity index (χ1v) is 6.95. The molecule has 1 aliphatic rings. The lowest BCUT2D eigenvalue weighted by Gasteiger charge is -2.34. The molecule has 94 valence electrons. The summed E-state index contributed by atoms with van der Waals surface area (Å²) in [6.45, 7) is 4.63. The topological polar surface area (TPSA) is 12.0 Å². The van der Waals surface area contributed by atoms with Crippen LogP contribution in [0.3, 0.4) is 0 Å². The van der Waals surface area contributed by atoms with Gasteiger partial charge in [0.05, 0.1) is 0 Å². The molecule has 0 spiro atoms. The molecule has 3 unspecified atom stereocenters. The van der Waals surface area contributed by atoms with Crippen molar-refractivity contribution >= 4 is 0 Å². The van der Waals surface area contributed by atoms with Gasteiger partial charge in [-0.05, 0) is 49.8 Å². The second kappa shape index (κ2) is 5.68. The van der Waals surface area contributed by atoms with Crippen molar-refractivity contribution in [3.63, 3.8) is 0 Å². The summed E-state index contributed by atoms with van der Waals surface area (Å²) in [6, 6.07) is 9.36. The van der Waals surface area contributed by atoms with Gasteiger partial charge in [-0.15, -0.1) is 0 Å². The predicted molar refractivity (Wildman–Crippen MR) is 74.1 cm³/mol. The molecule has 0 heterocycles. The van der Waals surface area contributed by atoms with Crippen molar-refractivity contribution < 1.29 is 0 Å². The Morgan fingerprint density at radius 2 is 2.00 bits per heavy atom. The third-order valence-corrected chi connectivity index (χ3v) is 4.28. The van der Waals surface area contributed by atoms with Gasteiger partial charge in [0.25, 0.3) is 0 Å². The van der Waals surface area contributed by atoms with Crippen LogP contribution in [0.15, 0.2) is 24.3 Å². The van der Waals surface area contributed by atoms with Gasteiger partial charge < -0.3 is 5.32 Å². The number of rotatable bonds is 3. The molecule has 1 nitrogen and oxygen atoms in total. The van der Waals surface area contributed by atoms with E-state index in [9.17, 15) is 0 Å². The second-order valence-electron chi connectivity index (χ2n) is 5.65. The van der Waals surface area contributed by atoms with Crippen molar-refractivity contribution in [3.05, 3.63) is 35.4 Å². The first-order chi connectivity index (χ1) is 8.22. The first kappa shape index (κ1) is 12.6. The van der Waals surface area contributed by atoms with Crippen LogP contribution in [0.5, 0.6) is 0 Å². The lowest BCUT2D eigenvalue weighted by molar-refractivity contribution is 0.229. The van der Waals surface area contributed by atoms with Gasteiger partial charge in [-0.25, -0.2) is 0 Å². The molecule has 1 aliphatic carbocycles. The summed E-state index contributed by atoms with van der Waals surface area (Å²) in [4.78, 5) is 0. The van der Waals surface area contributed by atoms with E-state index in [1.54, 1.807) is 0 Å². The summed E-state index contributed by atoms with van der Waals surface area (Å²) in [5, 5.41) is 3.55. The SMILES string of the molecule is CNC(c1ccccc1C)C1CCCC(C)C1. The second-order valence-corrected chi connectivity index (χ2v) is 5.65. The molecule has 1 fully saturated rings. The fourth-order valence-electron chi connectivity index (χ4n) is 3.36. The van der Waals surface area contributed by atoms with E-state index < -0.39 is 0 Å². The van der Waals surface area contributed by atoms with Crippen LogP contribution in [0.25, 0.3) is 0 Å². The van der Waals surface area contributed by atoms with Gasteiger partial charge >= 0.3 is 0 Å². The Kier molecular flexibility index (Phi) is 4.22. The maximum absolute atomic E-state index is 3.55. The van der Waals surface area contributed by atoms with Crippen LogP contribution in [0.4, 0.5) is 0 Å². The van der Waals surface area contributed by atoms with Crippen LogP contribution >= 0.6 is 0 Å². The highest BCUT2D eigenvalue weighted by Crippen LogP contribution is 2.37. The minimum Gasteiger partial charge on any atom is -0.313 e. The molecule has 1 aromatic rings. The van der Waals surface area contributed by atoms with E-state index in [0.717, 1.165) is 11.8 Å². The van der Waals surface area contributed by atoms with E-state index in [-0.39, 0.29) is 0 Å². The van der Waals surface area contributed by atoms with Crippen molar-refractivity contribution in [3.8, 4) is 0 Å². The Labute approximate surface area is 106 Å². The molecular formula is C16H25N. The Morgan fingerprint density at radius 1 is 1.24 bits per heavy atom. The average Bonchev–Trinajstić information content (AvgIpc) is 2.33. The Balaban J connectivity index is 2.18. The van der Waals surface area contributed by atoms with Crippen molar-refractivity contribution in [2.24, 2.45) is 11.8 Å². The van der Waals surface area contributed by atoms with Gasteiger partial charge in [-0.1, -0.05) is 44.0 Å². The summed E-state index contributed by atoms with van der Waals surface area (Å²) >= 11 is 0. The van der Waals surface area contributed by atoms with Gasteiger partial charge in [0, 0.05) is 6.04 Å². The van der Waals surface area contributed by atoms with Crippen molar-refractivity contribution in [1.82, 2.24) is 5.32 Å². The highest BCUT2D eigenvalue weighted by Gasteiger charge is 2.27. The zero-order chi connectivity index (χ0) is 12.3. The number of nitrogens with one attached hydrogen (secondary N) is 1. The summed E-state index contributed by atoms with van der Waals surface area (Å²) in [5.41, 5.74) is 2.92. The Morgan fingerprint density at radius 3 is 2.65 bits per heavy atom. The molecule has 0 bridgehead atoms. The van der Waals surface area contributed by atoms with Gasteiger partial charge in [-0.3, -0.25) is 0 Å². The quantitative estimate of drug-likeness (QED) is 0.826. The minimum atomic E-state index is 0.541. The van der Waals surface area contributed by atoms with E-state index in [4.69, 9.17) is 0 Å². The van der Waals surface area contributed by atoms with E-state index in [1.807, 2.05) is 0 Å². The monoisotopic (exact) mass is 231 g/mol. The van der Waals surface area contributed by atoms with Crippen LogP contribution in [0.2, 0.25) is 0 Å². The number of aryl methyl sites for hydroxylation is 1. The number of benzene rings is 1. The predicted octanol–water partition coefficient (Wildman–Crippen LogP) is 4.08. The van der Waals surface area contributed by atoms with Crippen LogP contribution in [-0.2, 0) is 0 Å². The third kappa shape index (κ3) is 2.90. The molecular weight excluding hydrogens is 206 g/mol. The molecule has 0 aromatic heterocycles. The molecule has 17 heavy (non-hydrogen) atoms. The van der Waals surface area contributed by atoms with Crippen molar-refractivity contribution in [2.45, 2.75) is 45.6 Å².